The number of hydrogen-bond donors (Lipinski definition) is 0. The van der Waals surface area contributed by atoms with Gasteiger partial charge in [0.25, 0.3) is 0 Å². The largest absolute Gasteiger partial charge is 0.144 e. The molecule has 3 aromatic rings. The second kappa shape index (κ2) is 5.01. The van der Waals surface area contributed by atoms with Crippen LogP contribution in [-0.4, -0.2) is 0 Å². The Labute approximate surface area is 129 Å². The Kier molecular flexibility index (Phi) is 3.01. The van der Waals surface area contributed by atoms with Crippen LogP contribution in [0.4, 0.5) is 0 Å². The quantitative estimate of drug-likeness (QED) is 0.557. The van der Waals surface area contributed by atoms with Gasteiger partial charge in [0, 0.05) is 21.7 Å². The van der Waals surface area contributed by atoms with Crippen LogP contribution in [-0.2, 0) is 6.42 Å². The van der Waals surface area contributed by atoms with Gasteiger partial charge in [0.05, 0.1) is 0 Å². The van der Waals surface area contributed by atoms with Crippen molar-refractivity contribution < 1.29 is 0 Å². The summed E-state index contributed by atoms with van der Waals surface area (Å²) in [6.07, 6.45) is 3.45. The predicted molar refractivity (Wildman–Crippen MR) is 92.5 cm³/mol. The first-order valence-corrected chi connectivity index (χ1v) is 8.08. The lowest BCUT2D eigenvalue weighted by atomic mass is 10.0. The Morgan fingerprint density at radius 3 is 2.10 bits per heavy atom. The van der Waals surface area contributed by atoms with Crippen molar-refractivity contribution in [2.75, 3.05) is 0 Å². The number of benzene rings is 2. The van der Waals surface area contributed by atoms with E-state index in [4.69, 9.17) is 0 Å². The monoisotopic (exact) mass is 288 g/mol. The molecule has 1 aromatic heterocycles. The summed E-state index contributed by atoms with van der Waals surface area (Å²) in [5, 5.41) is 0. The Morgan fingerprint density at radius 1 is 0.810 bits per heavy atom. The van der Waals surface area contributed by atoms with Crippen LogP contribution in [0.15, 0.2) is 60.7 Å². The molecule has 1 heteroatoms. The fourth-order valence-electron chi connectivity index (χ4n) is 3.10. The molecule has 1 aliphatic carbocycles. The average molecular weight is 288 g/mol. The molecule has 0 nitrogen and oxygen atoms in total. The van der Waals surface area contributed by atoms with Crippen LogP contribution in [0.1, 0.15) is 20.9 Å². The second-order valence-corrected chi connectivity index (χ2v) is 6.76. The normalized spacial score (nSPS) is 13.1. The summed E-state index contributed by atoms with van der Waals surface area (Å²) in [6, 6.07) is 21.5. The summed E-state index contributed by atoms with van der Waals surface area (Å²) in [6.45, 7) is 2.24. The Bertz CT molecular complexity index is 808. The van der Waals surface area contributed by atoms with E-state index < -0.39 is 0 Å². The lowest BCUT2D eigenvalue weighted by molar-refractivity contribution is 1.39. The SMILES string of the molecule is Cc1sc2c(c1-c1ccccc1)C=C(c1ccccc1)C2. The molecule has 0 unspecified atom stereocenters. The lowest BCUT2D eigenvalue weighted by Gasteiger charge is -2.03. The van der Waals surface area contributed by atoms with Crippen molar-refractivity contribution in [1.82, 2.24) is 0 Å². The molecule has 102 valence electrons. The van der Waals surface area contributed by atoms with Gasteiger partial charge in [0.1, 0.15) is 0 Å². The summed E-state index contributed by atoms with van der Waals surface area (Å²) in [5.74, 6) is 0. The minimum absolute atomic E-state index is 1.07. The topological polar surface area (TPSA) is 0 Å². The van der Waals surface area contributed by atoms with E-state index in [1.54, 1.807) is 0 Å². The maximum absolute atomic E-state index is 2.39. The van der Waals surface area contributed by atoms with E-state index in [1.165, 1.54) is 37.6 Å². The van der Waals surface area contributed by atoms with Crippen LogP contribution in [0.2, 0.25) is 0 Å². The predicted octanol–water partition coefficient (Wildman–Crippen LogP) is 5.82. The molecular formula is C20H16S. The van der Waals surface area contributed by atoms with Crippen LogP contribution >= 0.6 is 11.3 Å². The third-order valence-corrected chi connectivity index (χ3v) is 5.20. The van der Waals surface area contributed by atoms with Gasteiger partial charge in [-0.15, -0.1) is 11.3 Å². The maximum Gasteiger partial charge on any atom is 0.0171 e. The van der Waals surface area contributed by atoms with Gasteiger partial charge < -0.3 is 0 Å². The number of fused-ring (bicyclic) bond motifs is 1. The van der Waals surface area contributed by atoms with E-state index in [2.05, 4.69) is 73.7 Å². The third-order valence-electron chi connectivity index (χ3n) is 4.07. The summed E-state index contributed by atoms with van der Waals surface area (Å²) < 4.78 is 0. The Balaban J connectivity index is 1.83. The van der Waals surface area contributed by atoms with E-state index in [1.807, 2.05) is 11.3 Å². The molecule has 0 saturated carbocycles. The lowest BCUT2D eigenvalue weighted by Crippen LogP contribution is -1.82. The first kappa shape index (κ1) is 12.6. The molecule has 1 aliphatic rings. The summed E-state index contributed by atoms with van der Waals surface area (Å²) >= 11 is 1.94. The maximum atomic E-state index is 2.39. The number of allylic oxidation sites excluding steroid dienone is 1. The number of aryl methyl sites for hydroxylation is 1. The highest BCUT2D eigenvalue weighted by atomic mass is 32.1. The zero-order valence-corrected chi connectivity index (χ0v) is 12.8. The van der Waals surface area contributed by atoms with E-state index in [0.29, 0.717) is 0 Å². The van der Waals surface area contributed by atoms with Crippen molar-refractivity contribution in [2.45, 2.75) is 13.3 Å². The second-order valence-electron chi connectivity index (χ2n) is 5.45. The smallest absolute Gasteiger partial charge is 0.0171 e. The molecule has 4 rings (SSSR count). The van der Waals surface area contributed by atoms with E-state index >= 15 is 0 Å². The van der Waals surface area contributed by atoms with Crippen LogP contribution in [0.3, 0.4) is 0 Å². The molecule has 0 bridgehead atoms. The van der Waals surface area contributed by atoms with E-state index in [9.17, 15) is 0 Å². The van der Waals surface area contributed by atoms with Crippen LogP contribution < -0.4 is 0 Å². The highest BCUT2D eigenvalue weighted by molar-refractivity contribution is 7.13. The molecular weight excluding hydrogens is 272 g/mol. The van der Waals surface area contributed by atoms with Gasteiger partial charge in [-0.05, 0) is 35.3 Å². The fourth-order valence-corrected chi connectivity index (χ4v) is 4.30. The van der Waals surface area contributed by atoms with Crippen LogP contribution in [0.5, 0.6) is 0 Å². The van der Waals surface area contributed by atoms with Gasteiger partial charge in [-0.25, -0.2) is 0 Å². The minimum atomic E-state index is 1.07. The molecule has 0 aliphatic heterocycles. The van der Waals surface area contributed by atoms with Gasteiger partial charge in [0.15, 0.2) is 0 Å². The molecule has 0 amide bonds. The molecule has 0 atom stereocenters. The standard InChI is InChI=1S/C20H16S/c1-14-20(16-10-6-3-7-11-16)18-12-17(13-19(18)21-14)15-8-4-2-5-9-15/h2-12H,13H2,1H3. The Hall–Kier alpha value is -2.12. The molecule has 0 spiro atoms. The Morgan fingerprint density at radius 2 is 1.43 bits per heavy atom. The highest BCUT2D eigenvalue weighted by Crippen LogP contribution is 2.44. The summed E-state index contributed by atoms with van der Waals surface area (Å²) in [7, 11) is 0. The van der Waals surface area contributed by atoms with Crippen molar-refractivity contribution in [2.24, 2.45) is 0 Å². The first-order chi connectivity index (χ1) is 10.3. The summed E-state index contributed by atoms with van der Waals surface area (Å²) in [5.41, 5.74) is 6.97. The van der Waals surface area contributed by atoms with Gasteiger partial charge >= 0.3 is 0 Å². The van der Waals surface area contributed by atoms with Gasteiger partial charge in [-0.3, -0.25) is 0 Å². The zero-order chi connectivity index (χ0) is 14.2. The van der Waals surface area contributed by atoms with Gasteiger partial charge in [0.2, 0.25) is 0 Å². The highest BCUT2D eigenvalue weighted by Gasteiger charge is 2.22. The van der Waals surface area contributed by atoms with Crippen LogP contribution in [0, 0.1) is 6.92 Å². The third kappa shape index (κ3) is 2.14. The van der Waals surface area contributed by atoms with Crippen molar-refractivity contribution in [3.63, 3.8) is 0 Å². The number of rotatable bonds is 2. The molecule has 21 heavy (non-hydrogen) atoms. The van der Waals surface area contributed by atoms with Crippen LogP contribution in [0.25, 0.3) is 22.8 Å². The van der Waals surface area contributed by atoms with Crippen molar-refractivity contribution in [3.05, 3.63) is 81.5 Å². The molecule has 1 heterocycles. The van der Waals surface area contributed by atoms with E-state index in [-0.39, 0.29) is 0 Å². The molecule has 0 fully saturated rings. The minimum Gasteiger partial charge on any atom is -0.144 e. The van der Waals surface area contributed by atoms with E-state index in [0.717, 1.165) is 6.42 Å². The molecule has 2 aromatic carbocycles. The fraction of sp³-hybridized carbons (Fsp3) is 0.100. The summed E-state index contributed by atoms with van der Waals surface area (Å²) in [4.78, 5) is 2.93. The van der Waals surface area contributed by atoms with Gasteiger partial charge in [-0.2, -0.15) is 0 Å². The molecule has 0 N–H and O–H groups in total. The number of thiophene rings is 1. The molecule has 0 saturated heterocycles. The van der Waals surface area contributed by atoms with Crippen molar-refractivity contribution in [3.8, 4) is 11.1 Å². The van der Waals surface area contributed by atoms with Crippen molar-refractivity contribution in [1.29, 1.82) is 0 Å². The van der Waals surface area contributed by atoms with Crippen molar-refractivity contribution >= 4 is 23.0 Å². The average Bonchev–Trinajstić information content (AvgIpc) is 3.05. The van der Waals surface area contributed by atoms with Gasteiger partial charge in [-0.1, -0.05) is 60.7 Å². The zero-order valence-electron chi connectivity index (χ0n) is 12.0. The number of hydrogen-bond acceptors (Lipinski definition) is 1. The molecule has 0 radical (unpaired) electrons. The first-order valence-electron chi connectivity index (χ1n) is 7.26.